The van der Waals surface area contributed by atoms with Gasteiger partial charge in [0, 0.05) is 11.0 Å². The topological polar surface area (TPSA) is 83.0 Å². The molecule has 1 aliphatic carbocycles. The second-order valence-corrected chi connectivity index (χ2v) is 4.64. The number of nitrogens with zero attached hydrogens (tertiary/aromatic N) is 1. The number of aromatic carboxylic acids is 1. The first-order valence-electron chi connectivity index (χ1n) is 4.83. The number of H-pyrrole nitrogens is 1. The van der Waals surface area contributed by atoms with Crippen LogP contribution >= 0.6 is 23.2 Å². The number of carbonyl (C=O) groups is 1. The van der Waals surface area contributed by atoms with Gasteiger partial charge in [0.05, 0.1) is 16.4 Å². The maximum atomic E-state index is 11.5. The van der Waals surface area contributed by atoms with Gasteiger partial charge in [0.15, 0.2) is 0 Å². The standard InChI is InChI=1S/C10H8Cl2N2O3/c1-3-2-4(11)5(12)7-6(3)13-8(10(16)17)9(15)14-7/h3H,2H2,1H3,(H,14,15)(H,16,17)/t3-/m0/s1. The number of halogens is 2. The lowest BCUT2D eigenvalue weighted by Crippen LogP contribution is -2.25. The normalized spacial score (nSPS) is 19.1. The van der Waals surface area contributed by atoms with Crippen LogP contribution in [0.15, 0.2) is 9.83 Å². The van der Waals surface area contributed by atoms with Crippen LogP contribution in [0.2, 0.25) is 0 Å². The predicted octanol–water partition coefficient (Wildman–Crippen LogP) is 2.12. The number of fused-ring (bicyclic) bond motifs is 1. The van der Waals surface area contributed by atoms with E-state index in [1.165, 1.54) is 0 Å². The third kappa shape index (κ3) is 1.96. The quantitative estimate of drug-likeness (QED) is 0.822. The van der Waals surface area contributed by atoms with E-state index in [1.54, 1.807) is 0 Å². The van der Waals surface area contributed by atoms with E-state index < -0.39 is 17.2 Å². The summed E-state index contributed by atoms with van der Waals surface area (Å²) in [5, 5.41) is 9.48. The van der Waals surface area contributed by atoms with E-state index in [-0.39, 0.29) is 11.0 Å². The summed E-state index contributed by atoms with van der Waals surface area (Å²) in [6.07, 6.45) is 0.478. The lowest BCUT2D eigenvalue weighted by molar-refractivity contribution is 0.0688. The van der Waals surface area contributed by atoms with Crippen LogP contribution in [0.4, 0.5) is 0 Å². The van der Waals surface area contributed by atoms with Crippen molar-refractivity contribution in [3.63, 3.8) is 0 Å². The Balaban J connectivity index is 2.73. The summed E-state index contributed by atoms with van der Waals surface area (Å²) in [5.74, 6) is -1.45. The molecule has 0 spiro atoms. The highest BCUT2D eigenvalue weighted by Crippen LogP contribution is 2.39. The summed E-state index contributed by atoms with van der Waals surface area (Å²) >= 11 is 11.9. The maximum absolute atomic E-state index is 11.5. The van der Waals surface area contributed by atoms with Crippen LogP contribution < -0.4 is 5.56 Å². The number of allylic oxidation sites excluding steroid dienone is 1. The molecule has 90 valence electrons. The Morgan fingerprint density at radius 1 is 1.53 bits per heavy atom. The summed E-state index contributed by atoms with van der Waals surface area (Å²) in [6.45, 7) is 1.83. The van der Waals surface area contributed by atoms with Crippen LogP contribution in [-0.4, -0.2) is 21.0 Å². The van der Waals surface area contributed by atoms with E-state index in [4.69, 9.17) is 28.3 Å². The fourth-order valence-corrected chi connectivity index (χ4v) is 2.27. The molecule has 5 nitrogen and oxygen atoms in total. The minimum atomic E-state index is -1.36. The molecule has 17 heavy (non-hydrogen) atoms. The van der Waals surface area contributed by atoms with Gasteiger partial charge >= 0.3 is 5.97 Å². The van der Waals surface area contributed by atoms with Gasteiger partial charge in [-0.25, -0.2) is 9.78 Å². The second kappa shape index (κ2) is 4.16. The molecule has 0 radical (unpaired) electrons. The molecule has 0 unspecified atom stereocenters. The van der Waals surface area contributed by atoms with Gasteiger partial charge in [-0.15, -0.1) is 0 Å². The van der Waals surface area contributed by atoms with E-state index in [9.17, 15) is 9.59 Å². The number of hydrogen-bond donors (Lipinski definition) is 2. The zero-order chi connectivity index (χ0) is 12.7. The van der Waals surface area contributed by atoms with Gasteiger partial charge in [-0.3, -0.25) is 4.79 Å². The zero-order valence-corrected chi connectivity index (χ0v) is 10.3. The first-order valence-corrected chi connectivity index (χ1v) is 5.59. The van der Waals surface area contributed by atoms with E-state index in [2.05, 4.69) is 9.97 Å². The first-order chi connectivity index (χ1) is 7.91. The smallest absolute Gasteiger partial charge is 0.360 e. The van der Waals surface area contributed by atoms with Crippen molar-refractivity contribution in [1.29, 1.82) is 0 Å². The summed E-state index contributed by atoms with van der Waals surface area (Å²) in [5.41, 5.74) is -0.548. The Hall–Kier alpha value is -1.33. The average molecular weight is 275 g/mol. The zero-order valence-electron chi connectivity index (χ0n) is 8.75. The molecule has 2 rings (SSSR count). The molecule has 1 aliphatic rings. The number of hydrogen-bond acceptors (Lipinski definition) is 3. The Morgan fingerprint density at radius 3 is 2.76 bits per heavy atom. The molecule has 0 saturated heterocycles. The van der Waals surface area contributed by atoms with Gasteiger partial charge in [0.25, 0.3) is 5.56 Å². The molecule has 0 saturated carbocycles. The number of rotatable bonds is 1. The van der Waals surface area contributed by atoms with Gasteiger partial charge < -0.3 is 10.1 Å². The lowest BCUT2D eigenvalue weighted by Gasteiger charge is -2.20. The average Bonchev–Trinajstić information content (AvgIpc) is 2.25. The number of aromatic amines is 1. The molecule has 7 heteroatoms. The fourth-order valence-electron chi connectivity index (χ4n) is 1.72. The molecule has 0 bridgehead atoms. The van der Waals surface area contributed by atoms with Crippen molar-refractivity contribution in [1.82, 2.24) is 9.97 Å². The van der Waals surface area contributed by atoms with E-state index in [0.29, 0.717) is 22.8 Å². The van der Waals surface area contributed by atoms with Crippen LogP contribution in [-0.2, 0) is 0 Å². The largest absolute Gasteiger partial charge is 0.476 e. The summed E-state index contributed by atoms with van der Waals surface area (Å²) in [7, 11) is 0. The van der Waals surface area contributed by atoms with Crippen LogP contribution in [0.1, 0.15) is 41.1 Å². The molecule has 0 amide bonds. The van der Waals surface area contributed by atoms with Gasteiger partial charge in [0.1, 0.15) is 0 Å². The minimum absolute atomic E-state index is 0.0880. The molecular weight excluding hydrogens is 267 g/mol. The van der Waals surface area contributed by atoms with Gasteiger partial charge in [-0.05, 0) is 6.42 Å². The third-order valence-corrected chi connectivity index (χ3v) is 3.41. The van der Waals surface area contributed by atoms with Crippen molar-refractivity contribution in [2.75, 3.05) is 0 Å². The van der Waals surface area contributed by atoms with Gasteiger partial charge in [-0.1, -0.05) is 30.1 Å². The van der Waals surface area contributed by atoms with Crippen LogP contribution in [0.3, 0.4) is 0 Å². The molecule has 0 aliphatic heterocycles. The third-order valence-electron chi connectivity index (χ3n) is 2.55. The lowest BCUT2D eigenvalue weighted by atomic mass is 9.95. The van der Waals surface area contributed by atoms with E-state index >= 15 is 0 Å². The van der Waals surface area contributed by atoms with Gasteiger partial charge in [-0.2, -0.15) is 0 Å². The van der Waals surface area contributed by atoms with Crippen molar-refractivity contribution in [3.8, 4) is 0 Å². The van der Waals surface area contributed by atoms with E-state index in [0.717, 1.165) is 0 Å². The summed E-state index contributed by atoms with van der Waals surface area (Å²) in [6, 6.07) is 0. The fraction of sp³-hybridized carbons (Fsp3) is 0.300. The van der Waals surface area contributed by atoms with Crippen molar-refractivity contribution in [3.05, 3.63) is 32.5 Å². The maximum Gasteiger partial charge on any atom is 0.360 e. The van der Waals surface area contributed by atoms with Crippen molar-refractivity contribution in [2.45, 2.75) is 19.3 Å². The number of aromatic nitrogens is 2. The molecule has 1 aromatic rings. The highest BCUT2D eigenvalue weighted by Gasteiger charge is 2.27. The minimum Gasteiger partial charge on any atom is -0.476 e. The molecule has 1 atom stereocenters. The summed E-state index contributed by atoms with van der Waals surface area (Å²) in [4.78, 5) is 28.5. The second-order valence-electron chi connectivity index (χ2n) is 3.80. The highest BCUT2D eigenvalue weighted by atomic mass is 35.5. The highest BCUT2D eigenvalue weighted by molar-refractivity contribution is 6.54. The summed E-state index contributed by atoms with van der Waals surface area (Å²) < 4.78 is 0. The predicted molar refractivity (Wildman–Crippen MR) is 63.5 cm³/mol. The molecular formula is C10H8Cl2N2O3. The van der Waals surface area contributed by atoms with Crippen molar-refractivity contribution in [2.24, 2.45) is 0 Å². The number of carboxylic acids is 1. The molecule has 2 N–H and O–H groups in total. The number of nitrogens with one attached hydrogen (secondary N) is 1. The van der Waals surface area contributed by atoms with Gasteiger partial charge in [0.2, 0.25) is 5.69 Å². The Kier molecular flexibility index (Phi) is 2.97. The molecule has 0 fully saturated rings. The Bertz CT molecular complexity index is 592. The Morgan fingerprint density at radius 2 is 2.18 bits per heavy atom. The first kappa shape index (κ1) is 12.1. The number of carboxylic acid groups (broad SMARTS) is 1. The van der Waals surface area contributed by atoms with E-state index in [1.807, 2.05) is 6.92 Å². The SMILES string of the molecule is C[C@H]1CC(Cl)=C(Cl)c2[nH]c(=O)c(C(=O)O)nc21. The Labute approximate surface area is 106 Å². The van der Waals surface area contributed by atoms with Crippen LogP contribution in [0.25, 0.3) is 5.03 Å². The molecule has 0 aromatic carbocycles. The molecule has 1 heterocycles. The van der Waals surface area contributed by atoms with Crippen LogP contribution in [0.5, 0.6) is 0 Å². The monoisotopic (exact) mass is 274 g/mol. The molecule has 1 aromatic heterocycles. The van der Waals surface area contributed by atoms with Crippen LogP contribution in [0, 0.1) is 0 Å². The van der Waals surface area contributed by atoms with Crippen molar-refractivity contribution >= 4 is 34.2 Å². The van der Waals surface area contributed by atoms with Crippen molar-refractivity contribution < 1.29 is 9.90 Å².